The smallest absolute Gasteiger partial charge is 0.334 e. The standard InChI is InChI=1S/C15H18O5/c1-7-6-9(16)10-8(2)13(17)20-11(10)12-14(3,18)4-5-15(7,12)19/h4-6,9-12,16,18-19H,2H2,1,3H3/t9-,10?,11-,12-,14+,15+/m0/s1. The molecule has 3 rings (SSSR count). The topological polar surface area (TPSA) is 87.0 Å². The Morgan fingerprint density at radius 2 is 2.00 bits per heavy atom. The highest BCUT2D eigenvalue weighted by Gasteiger charge is 2.62. The van der Waals surface area contributed by atoms with Crippen LogP contribution in [0.5, 0.6) is 0 Å². The number of hydrogen-bond acceptors (Lipinski definition) is 5. The maximum Gasteiger partial charge on any atom is 0.334 e. The van der Waals surface area contributed by atoms with Crippen molar-refractivity contribution in [3.8, 4) is 0 Å². The van der Waals surface area contributed by atoms with Gasteiger partial charge < -0.3 is 20.1 Å². The van der Waals surface area contributed by atoms with E-state index in [1.807, 2.05) is 0 Å². The normalized spacial score (nSPS) is 50.4. The summed E-state index contributed by atoms with van der Waals surface area (Å²) in [6, 6.07) is 0. The average Bonchev–Trinajstić information content (AvgIpc) is 2.72. The first kappa shape index (κ1) is 13.5. The minimum Gasteiger partial charge on any atom is -0.458 e. The van der Waals surface area contributed by atoms with Gasteiger partial charge in [0.15, 0.2) is 0 Å². The number of hydrogen-bond donors (Lipinski definition) is 3. The fraction of sp³-hybridized carbons (Fsp3) is 0.533. The molecule has 5 heteroatoms. The summed E-state index contributed by atoms with van der Waals surface area (Å²) in [6.45, 7) is 6.92. The van der Waals surface area contributed by atoms with Crippen molar-refractivity contribution < 1.29 is 24.9 Å². The van der Waals surface area contributed by atoms with E-state index in [1.165, 1.54) is 18.2 Å². The van der Waals surface area contributed by atoms with Crippen LogP contribution in [0.1, 0.15) is 13.8 Å². The Labute approximate surface area is 116 Å². The zero-order valence-electron chi connectivity index (χ0n) is 11.4. The molecule has 1 heterocycles. The summed E-state index contributed by atoms with van der Waals surface area (Å²) < 4.78 is 5.30. The van der Waals surface area contributed by atoms with Gasteiger partial charge in [-0.1, -0.05) is 18.7 Å². The van der Waals surface area contributed by atoms with Crippen molar-refractivity contribution in [2.75, 3.05) is 0 Å². The molecule has 108 valence electrons. The monoisotopic (exact) mass is 278 g/mol. The molecular weight excluding hydrogens is 260 g/mol. The summed E-state index contributed by atoms with van der Waals surface area (Å²) in [5.74, 6) is -2.00. The summed E-state index contributed by atoms with van der Waals surface area (Å²) in [6.07, 6.45) is 2.74. The van der Waals surface area contributed by atoms with Gasteiger partial charge in [0.2, 0.25) is 0 Å². The van der Waals surface area contributed by atoms with Crippen molar-refractivity contribution >= 4 is 5.97 Å². The van der Waals surface area contributed by atoms with Crippen LogP contribution < -0.4 is 0 Å². The van der Waals surface area contributed by atoms with Gasteiger partial charge in [-0.2, -0.15) is 0 Å². The highest BCUT2D eigenvalue weighted by molar-refractivity contribution is 5.91. The zero-order chi connectivity index (χ0) is 14.9. The van der Waals surface area contributed by atoms with Gasteiger partial charge >= 0.3 is 5.97 Å². The van der Waals surface area contributed by atoms with E-state index in [0.29, 0.717) is 5.57 Å². The van der Waals surface area contributed by atoms with E-state index < -0.39 is 41.2 Å². The van der Waals surface area contributed by atoms with Gasteiger partial charge in [0.25, 0.3) is 0 Å². The van der Waals surface area contributed by atoms with Crippen LogP contribution in [0.3, 0.4) is 0 Å². The van der Waals surface area contributed by atoms with Gasteiger partial charge in [-0.25, -0.2) is 4.79 Å². The molecule has 0 aromatic heterocycles. The second-order valence-electron chi connectivity index (χ2n) is 6.12. The van der Waals surface area contributed by atoms with Gasteiger partial charge in [-0.05, 0) is 25.5 Å². The van der Waals surface area contributed by atoms with Gasteiger partial charge in [-0.15, -0.1) is 0 Å². The Hall–Kier alpha value is -1.43. The second kappa shape index (κ2) is 3.81. The van der Waals surface area contributed by atoms with Crippen LogP contribution in [-0.2, 0) is 9.53 Å². The van der Waals surface area contributed by atoms with Gasteiger partial charge in [0.05, 0.1) is 23.5 Å². The zero-order valence-corrected chi connectivity index (χ0v) is 11.4. The number of esters is 1. The Balaban J connectivity index is 2.18. The molecule has 1 fully saturated rings. The molecule has 2 aliphatic carbocycles. The minimum atomic E-state index is -1.44. The number of carbonyl (C=O) groups is 1. The quantitative estimate of drug-likeness (QED) is 0.332. The van der Waals surface area contributed by atoms with Gasteiger partial charge in [0.1, 0.15) is 11.7 Å². The largest absolute Gasteiger partial charge is 0.458 e. The first-order valence-corrected chi connectivity index (χ1v) is 6.60. The van der Waals surface area contributed by atoms with Crippen LogP contribution in [-0.4, -0.2) is 44.7 Å². The summed E-state index contributed by atoms with van der Waals surface area (Å²) >= 11 is 0. The first-order chi connectivity index (χ1) is 9.18. The van der Waals surface area contributed by atoms with Crippen LogP contribution in [0.4, 0.5) is 0 Å². The highest BCUT2D eigenvalue weighted by Crippen LogP contribution is 2.51. The molecule has 3 aliphatic rings. The molecule has 0 radical (unpaired) electrons. The fourth-order valence-corrected chi connectivity index (χ4v) is 3.68. The maximum absolute atomic E-state index is 11.7. The minimum absolute atomic E-state index is 0.179. The third-order valence-corrected chi connectivity index (χ3v) is 4.79. The molecule has 0 saturated carbocycles. The predicted octanol–water partition coefficient (Wildman–Crippen LogP) is 0.0731. The average molecular weight is 278 g/mol. The van der Waals surface area contributed by atoms with Crippen molar-refractivity contribution in [2.24, 2.45) is 11.8 Å². The lowest BCUT2D eigenvalue weighted by molar-refractivity contribution is -0.152. The molecular formula is C15H18O5. The van der Waals surface area contributed by atoms with Crippen molar-refractivity contribution in [3.63, 3.8) is 0 Å². The molecule has 0 amide bonds. The molecule has 1 saturated heterocycles. The van der Waals surface area contributed by atoms with Crippen LogP contribution >= 0.6 is 0 Å². The third-order valence-electron chi connectivity index (χ3n) is 4.79. The number of ether oxygens (including phenoxy) is 1. The molecule has 0 aromatic carbocycles. The van der Waals surface area contributed by atoms with Crippen LogP contribution in [0.15, 0.2) is 36.0 Å². The molecule has 5 nitrogen and oxygen atoms in total. The highest BCUT2D eigenvalue weighted by atomic mass is 16.6. The van der Waals surface area contributed by atoms with E-state index in [0.717, 1.165) is 0 Å². The molecule has 0 aromatic rings. The number of rotatable bonds is 0. The van der Waals surface area contributed by atoms with Crippen molar-refractivity contribution in [3.05, 3.63) is 36.0 Å². The van der Waals surface area contributed by atoms with Crippen LogP contribution in [0.2, 0.25) is 0 Å². The van der Waals surface area contributed by atoms with Gasteiger partial charge in [-0.3, -0.25) is 0 Å². The number of aliphatic hydroxyl groups excluding tert-OH is 1. The van der Waals surface area contributed by atoms with E-state index in [2.05, 4.69) is 6.58 Å². The Bertz CT molecular complexity index is 559. The predicted molar refractivity (Wildman–Crippen MR) is 70.5 cm³/mol. The first-order valence-electron chi connectivity index (χ1n) is 6.60. The SMILES string of the molecule is C=C1C(=O)O[C@H]2C1[C@@H](O)C=C(C)[C@]1(O)C=C[C@@](C)(O)[C@H]21. The Morgan fingerprint density at radius 1 is 1.35 bits per heavy atom. The second-order valence-corrected chi connectivity index (χ2v) is 6.12. The van der Waals surface area contributed by atoms with E-state index >= 15 is 0 Å². The molecule has 0 bridgehead atoms. The number of carbonyl (C=O) groups excluding carboxylic acids is 1. The summed E-state index contributed by atoms with van der Waals surface area (Å²) in [5.41, 5.74) is -2.06. The summed E-state index contributed by atoms with van der Waals surface area (Å²) in [7, 11) is 0. The Morgan fingerprint density at radius 3 is 2.65 bits per heavy atom. The molecule has 0 spiro atoms. The van der Waals surface area contributed by atoms with E-state index in [4.69, 9.17) is 4.74 Å². The number of aliphatic hydroxyl groups is 3. The lowest BCUT2D eigenvalue weighted by Crippen LogP contribution is -2.52. The van der Waals surface area contributed by atoms with E-state index in [-0.39, 0.29) is 5.57 Å². The van der Waals surface area contributed by atoms with Crippen LogP contribution in [0, 0.1) is 11.8 Å². The molecule has 20 heavy (non-hydrogen) atoms. The summed E-state index contributed by atoms with van der Waals surface area (Å²) in [5, 5.41) is 31.7. The lowest BCUT2D eigenvalue weighted by Gasteiger charge is -2.39. The van der Waals surface area contributed by atoms with Crippen molar-refractivity contribution in [2.45, 2.75) is 37.3 Å². The van der Waals surface area contributed by atoms with Crippen molar-refractivity contribution in [1.82, 2.24) is 0 Å². The van der Waals surface area contributed by atoms with Crippen LogP contribution in [0.25, 0.3) is 0 Å². The summed E-state index contributed by atoms with van der Waals surface area (Å²) in [4.78, 5) is 11.7. The molecule has 6 atom stereocenters. The fourth-order valence-electron chi connectivity index (χ4n) is 3.68. The molecule has 1 unspecified atom stereocenters. The number of fused-ring (bicyclic) bond motifs is 3. The molecule has 3 N–H and O–H groups in total. The van der Waals surface area contributed by atoms with E-state index in [9.17, 15) is 20.1 Å². The van der Waals surface area contributed by atoms with Gasteiger partial charge in [0, 0.05) is 5.57 Å². The third kappa shape index (κ3) is 1.51. The maximum atomic E-state index is 11.7. The van der Waals surface area contributed by atoms with Crippen molar-refractivity contribution in [1.29, 1.82) is 0 Å². The lowest BCUT2D eigenvalue weighted by atomic mass is 9.73. The molecule has 1 aliphatic heterocycles. The van der Waals surface area contributed by atoms with E-state index in [1.54, 1.807) is 13.8 Å². The Kier molecular flexibility index (Phi) is 2.58.